The molecule has 5 rings (SSSR count). The van der Waals surface area contributed by atoms with Crippen LogP contribution in [0, 0.1) is 13.8 Å². The number of aryl methyl sites for hydroxylation is 2. The molecule has 170 valence electrons. The van der Waals surface area contributed by atoms with E-state index in [1.54, 1.807) is 24.6 Å². The van der Waals surface area contributed by atoms with E-state index in [0.29, 0.717) is 11.4 Å². The van der Waals surface area contributed by atoms with Gasteiger partial charge in [-0.3, -0.25) is 9.79 Å². The summed E-state index contributed by atoms with van der Waals surface area (Å²) in [5.74, 6) is 0.757. The zero-order valence-corrected chi connectivity index (χ0v) is 20.5. The molecule has 33 heavy (non-hydrogen) atoms. The number of piperidine rings is 1. The molecule has 0 unspecified atom stereocenters. The van der Waals surface area contributed by atoms with Crippen LogP contribution in [-0.2, 0) is 0 Å². The number of thiazole rings is 2. The summed E-state index contributed by atoms with van der Waals surface area (Å²) in [5.41, 5.74) is 3.96. The van der Waals surface area contributed by atoms with Crippen LogP contribution in [0.3, 0.4) is 0 Å². The summed E-state index contributed by atoms with van der Waals surface area (Å²) in [6.07, 6.45) is 9.64. The predicted molar refractivity (Wildman–Crippen MR) is 135 cm³/mol. The lowest BCUT2D eigenvalue weighted by Crippen LogP contribution is -2.44. The molecule has 2 atom stereocenters. The van der Waals surface area contributed by atoms with Crippen molar-refractivity contribution in [2.75, 3.05) is 12.4 Å². The van der Waals surface area contributed by atoms with Crippen LogP contribution >= 0.6 is 22.7 Å². The number of fused-ring (bicyclic) bond motifs is 2. The number of hydrogen-bond donors (Lipinski definition) is 1. The van der Waals surface area contributed by atoms with E-state index < -0.39 is 0 Å². The number of carbonyl (C=O) groups excluding carboxylic acids is 1. The third-order valence-corrected chi connectivity index (χ3v) is 8.05. The van der Waals surface area contributed by atoms with Crippen LogP contribution in [0.2, 0.25) is 0 Å². The Morgan fingerprint density at radius 1 is 1.21 bits per heavy atom. The second-order valence-electron chi connectivity index (χ2n) is 8.48. The van der Waals surface area contributed by atoms with Gasteiger partial charge >= 0.3 is 0 Å². The molecule has 5 heterocycles. The number of nitrogens with one attached hydrogen (secondary N) is 1. The lowest BCUT2D eigenvalue weighted by molar-refractivity contribution is 0.0634. The van der Waals surface area contributed by atoms with Gasteiger partial charge in [0.25, 0.3) is 5.91 Å². The summed E-state index contributed by atoms with van der Waals surface area (Å²) in [6.45, 7) is 4.01. The number of pyridine rings is 1. The minimum atomic E-state index is 0.0809. The molecule has 1 N–H and O–H groups in total. The second kappa shape index (κ2) is 9.15. The summed E-state index contributed by atoms with van der Waals surface area (Å²) < 4.78 is 0. The molecule has 7 nitrogen and oxygen atoms in total. The first-order valence-electron chi connectivity index (χ1n) is 11.1. The van der Waals surface area contributed by atoms with Gasteiger partial charge in [0.05, 0.1) is 26.8 Å². The minimum Gasteiger partial charge on any atom is -0.332 e. The van der Waals surface area contributed by atoms with Crippen LogP contribution in [0.15, 0.2) is 40.4 Å². The van der Waals surface area contributed by atoms with E-state index in [1.807, 2.05) is 37.6 Å². The third kappa shape index (κ3) is 4.47. The molecule has 2 saturated heterocycles. The molecule has 0 aromatic carbocycles. The Bertz CT molecular complexity index is 1210. The van der Waals surface area contributed by atoms with Gasteiger partial charge in [-0.2, -0.15) is 0 Å². The Balaban J connectivity index is 1.26. The van der Waals surface area contributed by atoms with Crippen molar-refractivity contribution in [3.63, 3.8) is 0 Å². The van der Waals surface area contributed by atoms with Crippen molar-refractivity contribution in [1.29, 1.82) is 0 Å². The highest BCUT2D eigenvalue weighted by Crippen LogP contribution is 2.39. The van der Waals surface area contributed by atoms with Gasteiger partial charge in [-0.1, -0.05) is 5.57 Å². The Labute approximate surface area is 201 Å². The molecule has 0 radical (unpaired) electrons. The largest absolute Gasteiger partial charge is 0.332 e. The number of carbonyl (C=O) groups is 1. The lowest BCUT2D eigenvalue weighted by Gasteiger charge is -2.36. The van der Waals surface area contributed by atoms with Crippen molar-refractivity contribution in [1.82, 2.24) is 19.9 Å². The molecule has 3 aromatic rings. The van der Waals surface area contributed by atoms with Crippen molar-refractivity contribution in [3.8, 4) is 10.6 Å². The molecule has 0 aliphatic carbocycles. The average molecular weight is 479 g/mol. The number of aliphatic imine (C=N–C) groups is 1. The van der Waals surface area contributed by atoms with Crippen LogP contribution in [0.4, 0.5) is 10.9 Å². The van der Waals surface area contributed by atoms with Crippen molar-refractivity contribution in [2.24, 2.45) is 4.99 Å². The van der Waals surface area contributed by atoms with E-state index in [9.17, 15) is 4.79 Å². The van der Waals surface area contributed by atoms with Crippen molar-refractivity contribution in [2.45, 2.75) is 51.6 Å². The fourth-order valence-corrected chi connectivity index (χ4v) is 6.42. The zero-order chi connectivity index (χ0) is 22.9. The molecule has 2 bridgehead atoms. The Morgan fingerprint density at radius 3 is 2.64 bits per heavy atom. The highest BCUT2D eigenvalue weighted by Gasteiger charge is 2.41. The van der Waals surface area contributed by atoms with E-state index in [1.165, 1.54) is 16.9 Å². The second-order valence-corrected chi connectivity index (χ2v) is 10.5. The van der Waals surface area contributed by atoms with Crippen LogP contribution < -0.4 is 5.32 Å². The number of anilines is 2. The van der Waals surface area contributed by atoms with Crippen LogP contribution in [0.5, 0.6) is 0 Å². The Kier molecular flexibility index (Phi) is 6.07. The first kappa shape index (κ1) is 21.9. The Morgan fingerprint density at radius 2 is 2.00 bits per heavy atom. The van der Waals surface area contributed by atoms with E-state index in [0.717, 1.165) is 52.1 Å². The monoisotopic (exact) mass is 478 g/mol. The molecule has 0 spiro atoms. The van der Waals surface area contributed by atoms with Gasteiger partial charge in [0.1, 0.15) is 5.82 Å². The third-order valence-electron chi connectivity index (χ3n) is 6.20. The molecule has 2 aliphatic heterocycles. The topological polar surface area (TPSA) is 83.4 Å². The summed E-state index contributed by atoms with van der Waals surface area (Å²) in [7, 11) is 1.78. The van der Waals surface area contributed by atoms with E-state index >= 15 is 0 Å². The van der Waals surface area contributed by atoms with Gasteiger partial charge in [-0.25, -0.2) is 15.0 Å². The van der Waals surface area contributed by atoms with E-state index in [-0.39, 0.29) is 18.0 Å². The Hall–Kier alpha value is -2.91. The SMILES string of the molecule is CN=CC=C1C[C@H]2CC[C@@H](C1)N2C(=O)c1ccc(Nc2nc(-c3sc(C)nc3C)cs2)nc1. The van der Waals surface area contributed by atoms with Crippen molar-refractivity contribution in [3.05, 3.63) is 51.6 Å². The van der Waals surface area contributed by atoms with Gasteiger partial charge < -0.3 is 10.2 Å². The maximum Gasteiger partial charge on any atom is 0.255 e. The zero-order valence-electron chi connectivity index (χ0n) is 18.9. The first-order chi connectivity index (χ1) is 16.0. The summed E-state index contributed by atoms with van der Waals surface area (Å²) >= 11 is 3.18. The smallest absolute Gasteiger partial charge is 0.255 e. The maximum atomic E-state index is 13.2. The average Bonchev–Trinajstić information content (AvgIpc) is 3.47. The molecule has 2 aliphatic rings. The summed E-state index contributed by atoms with van der Waals surface area (Å²) in [6, 6.07) is 4.26. The highest BCUT2D eigenvalue weighted by atomic mass is 32.1. The minimum absolute atomic E-state index is 0.0809. The predicted octanol–water partition coefficient (Wildman–Crippen LogP) is 5.42. The van der Waals surface area contributed by atoms with E-state index in [4.69, 9.17) is 0 Å². The molecule has 2 fully saturated rings. The standard InChI is InChI=1S/C24H26N6OS2/c1-14-22(33-15(2)27-14)20-13-32-24(28-20)29-21-7-4-17(12-26-21)23(31)30-18-5-6-19(30)11-16(10-18)8-9-25-3/h4,7-9,12-13,18-19H,5-6,10-11H2,1-3H3,(H,26,28,29)/t18-,19+. The fraction of sp³-hybridized carbons (Fsp3) is 0.375. The molecular formula is C24H26N6OS2. The van der Waals surface area contributed by atoms with Gasteiger partial charge in [-0.15, -0.1) is 22.7 Å². The number of nitrogens with zero attached hydrogens (tertiary/aromatic N) is 5. The molecule has 9 heteroatoms. The van der Waals surface area contributed by atoms with Crippen LogP contribution in [-0.4, -0.2) is 51.1 Å². The van der Waals surface area contributed by atoms with Crippen LogP contribution in [0.25, 0.3) is 10.6 Å². The lowest BCUT2D eigenvalue weighted by atomic mass is 9.95. The number of rotatable bonds is 5. The van der Waals surface area contributed by atoms with Crippen LogP contribution in [0.1, 0.15) is 46.7 Å². The first-order valence-corrected chi connectivity index (χ1v) is 12.8. The van der Waals surface area contributed by atoms with Gasteiger partial charge in [0.15, 0.2) is 5.13 Å². The van der Waals surface area contributed by atoms with Crippen molar-refractivity contribution >= 4 is 45.7 Å². The summed E-state index contributed by atoms with van der Waals surface area (Å²) in [5, 5.41) is 7.09. The van der Waals surface area contributed by atoms with Gasteiger partial charge in [0.2, 0.25) is 0 Å². The fourth-order valence-electron chi connectivity index (χ4n) is 4.76. The number of aromatic nitrogens is 3. The van der Waals surface area contributed by atoms with E-state index in [2.05, 4.69) is 36.2 Å². The normalized spacial score (nSPS) is 21.3. The molecule has 0 saturated carbocycles. The highest BCUT2D eigenvalue weighted by molar-refractivity contribution is 7.16. The molecular weight excluding hydrogens is 452 g/mol. The maximum absolute atomic E-state index is 13.2. The van der Waals surface area contributed by atoms with Gasteiger partial charge in [0, 0.05) is 36.9 Å². The number of amides is 1. The molecule has 1 amide bonds. The van der Waals surface area contributed by atoms with Gasteiger partial charge in [-0.05, 0) is 57.7 Å². The molecule has 3 aromatic heterocycles. The quantitative estimate of drug-likeness (QED) is 0.495. The van der Waals surface area contributed by atoms with Crippen molar-refractivity contribution < 1.29 is 4.79 Å². The number of hydrogen-bond acceptors (Lipinski definition) is 8. The summed E-state index contributed by atoms with van der Waals surface area (Å²) in [4.78, 5) is 34.1. The number of allylic oxidation sites excluding steroid dienone is 1.